The number of carbonyl (C=O) groups excluding carboxylic acids is 1. The van der Waals surface area contributed by atoms with Crippen LogP contribution < -0.4 is 24.7 Å². The molecule has 220 valence electrons. The van der Waals surface area contributed by atoms with Crippen molar-refractivity contribution >= 4 is 39.0 Å². The monoisotopic (exact) mass is 626 g/mol. The largest absolute Gasteiger partial charge is 0.493 e. The number of nitriles is 1. The molecular formula is C34H24ClFN2O5S. The molecule has 0 bridgehead atoms. The van der Waals surface area contributed by atoms with Gasteiger partial charge in [0.05, 0.1) is 18.1 Å². The Kier molecular flexibility index (Phi) is 7.87. The molecule has 44 heavy (non-hydrogen) atoms. The fourth-order valence-electron chi connectivity index (χ4n) is 5.05. The highest BCUT2D eigenvalue weighted by Crippen LogP contribution is 2.45. The van der Waals surface area contributed by atoms with Gasteiger partial charge in [0.1, 0.15) is 40.4 Å². The molecular weight excluding hydrogens is 603 g/mol. The summed E-state index contributed by atoms with van der Waals surface area (Å²) in [6.45, 7) is 1.97. The van der Waals surface area contributed by atoms with E-state index < -0.39 is 11.9 Å². The maximum atomic E-state index is 14.1. The summed E-state index contributed by atoms with van der Waals surface area (Å²) in [5.74, 6) is -0.304. The number of hydrogen-bond acceptors (Lipinski definition) is 8. The molecule has 0 saturated heterocycles. The van der Waals surface area contributed by atoms with Gasteiger partial charge in [-0.15, -0.1) is 11.3 Å². The van der Waals surface area contributed by atoms with E-state index >= 15 is 0 Å². The summed E-state index contributed by atoms with van der Waals surface area (Å²) in [5.41, 5.74) is 9.18. The molecule has 6 rings (SSSR count). The first kappa shape index (κ1) is 29.1. The van der Waals surface area contributed by atoms with Crippen molar-refractivity contribution in [3.63, 3.8) is 0 Å². The second kappa shape index (κ2) is 11.9. The lowest BCUT2D eigenvalue weighted by molar-refractivity contribution is 0.0739. The fraction of sp³-hybridized carbons (Fsp3) is 0.118. The number of methoxy groups -OCH3 is 1. The number of carbonyl (C=O) groups is 1. The van der Waals surface area contributed by atoms with Crippen LogP contribution in [0.25, 0.3) is 10.1 Å². The molecule has 1 aliphatic rings. The summed E-state index contributed by atoms with van der Waals surface area (Å²) in [4.78, 5) is 13.4. The van der Waals surface area contributed by atoms with E-state index in [0.29, 0.717) is 43.8 Å². The quantitative estimate of drug-likeness (QED) is 0.144. The number of halogens is 2. The van der Waals surface area contributed by atoms with Crippen LogP contribution in [0.2, 0.25) is 5.02 Å². The standard InChI is InChI=1S/C34H24ClFN2O5S/c1-18-7-10-23-29(13-18)44-32(31(23)35)34(39)42-21-9-11-22-27(15-21)43-33(38)24(16-37)30(22)19-8-12-26(28(14-19)40-2)41-17-20-5-3-4-6-25(20)36/h3-15,30H,17,38H2,1-2H3. The van der Waals surface area contributed by atoms with Crippen molar-refractivity contribution < 1.29 is 28.1 Å². The molecule has 1 aromatic heterocycles. The Bertz CT molecular complexity index is 2020. The van der Waals surface area contributed by atoms with E-state index in [1.54, 1.807) is 54.6 Å². The van der Waals surface area contributed by atoms with Crippen LogP contribution in [0.4, 0.5) is 4.39 Å². The van der Waals surface area contributed by atoms with Crippen LogP contribution in [-0.2, 0) is 6.61 Å². The molecule has 5 aromatic rings. The summed E-state index contributed by atoms with van der Waals surface area (Å²) in [6.07, 6.45) is 0. The van der Waals surface area contributed by atoms with Gasteiger partial charge in [0.2, 0.25) is 5.88 Å². The molecule has 0 aliphatic carbocycles. The number of ether oxygens (including phenoxy) is 4. The molecule has 1 atom stereocenters. The van der Waals surface area contributed by atoms with Crippen LogP contribution in [0, 0.1) is 24.1 Å². The molecule has 0 amide bonds. The number of allylic oxidation sites excluding steroid dienone is 1. The minimum Gasteiger partial charge on any atom is -0.493 e. The molecule has 0 spiro atoms. The predicted octanol–water partition coefficient (Wildman–Crippen LogP) is 8.03. The second-order valence-electron chi connectivity index (χ2n) is 10.0. The van der Waals surface area contributed by atoms with E-state index in [0.717, 1.165) is 15.6 Å². The zero-order chi connectivity index (χ0) is 31.0. The number of nitrogens with zero attached hydrogens (tertiary/aromatic N) is 1. The molecule has 2 heterocycles. The van der Waals surface area contributed by atoms with Gasteiger partial charge in [0, 0.05) is 27.3 Å². The van der Waals surface area contributed by atoms with Crippen molar-refractivity contribution in [2.75, 3.05) is 7.11 Å². The van der Waals surface area contributed by atoms with Crippen molar-refractivity contribution in [3.8, 4) is 29.1 Å². The van der Waals surface area contributed by atoms with Crippen LogP contribution in [-0.4, -0.2) is 13.1 Å². The average Bonchev–Trinajstić information content (AvgIpc) is 3.35. The van der Waals surface area contributed by atoms with Gasteiger partial charge in [-0.2, -0.15) is 5.26 Å². The minimum atomic E-state index is -0.608. The summed E-state index contributed by atoms with van der Waals surface area (Å²) < 4.78 is 37.9. The van der Waals surface area contributed by atoms with E-state index in [4.69, 9.17) is 36.3 Å². The smallest absolute Gasteiger partial charge is 0.355 e. The van der Waals surface area contributed by atoms with Gasteiger partial charge in [-0.05, 0) is 48.4 Å². The Balaban J connectivity index is 1.29. The lowest BCUT2D eigenvalue weighted by Crippen LogP contribution is -2.21. The molecule has 0 saturated carbocycles. The lowest BCUT2D eigenvalue weighted by Gasteiger charge is -2.27. The number of nitrogens with two attached hydrogens (primary N) is 1. The van der Waals surface area contributed by atoms with Crippen LogP contribution in [0.3, 0.4) is 0 Å². The predicted molar refractivity (Wildman–Crippen MR) is 166 cm³/mol. The molecule has 1 unspecified atom stereocenters. The second-order valence-corrected chi connectivity index (χ2v) is 11.5. The molecule has 4 aromatic carbocycles. The minimum absolute atomic E-state index is 0.00657. The highest BCUT2D eigenvalue weighted by Gasteiger charge is 2.32. The van der Waals surface area contributed by atoms with Gasteiger partial charge in [-0.3, -0.25) is 0 Å². The topological polar surface area (TPSA) is 104 Å². The van der Waals surface area contributed by atoms with Crippen molar-refractivity contribution in [1.29, 1.82) is 5.26 Å². The maximum Gasteiger partial charge on any atom is 0.355 e. The van der Waals surface area contributed by atoms with Crippen molar-refractivity contribution in [2.24, 2.45) is 5.73 Å². The molecule has 0 radical (unpaired) electrons. The zero-order valence-corrected chi connectivity index (χ0v) is 25.1. The first-order valence-corrected chi connectivity index (χ1v) is 14.6. The summed E-state index contributed by atoms with van der Waals surface area (Å²) in [5, 5.41) is 11.1. The molecule has 0 fully saturated rings. The van der Waals surface area contributed by atoms with E-state index in [1.165, 1.54) is 24.5 Å². The number of esters is 1. The van der Waals surface area contributed by atoms with Crippen molar-refractivity contribution in [3.05, 3.63) is 128 Å². The van der Waals surface area contributed by atoms with Crippen molar-refractivity contribution in [2.45, 2.75) is 19.4 Å². The molecule has 7 nitrogen and oxygen atoms in total. The van der Waals surface area contributed by atoms with Crippen molar-refractivity contribution in [1.82, 2.24) is 0 Å². The van der Waals surface area contributed by atoms with E-state index in [9.17, 15) is 14.4 Å². The third-order valence-corrected chi connectivity index (χ3v) is 8.87. The third-order valence-electron chi connectivity index (χ3n) is 7.23. The Morgan fingerprint density at radius 3 is 2.68 bits per heavy atom. The Morgan fingerprint density at radius 1 is 1.09 bits per heavy atom. The number of thiophene rings is 1. The number of hydrogen-bond donors (Lipinski definition) is 1. The number of aryl methyl sites for hydroxylation is 1. The third kappa shape index (κ3) is 5.41. The van der Waals surface area contributed by atoms with Gasteiger partial charge in [0.15, 0.2) is 11.5 Å². The highest BCUT2D eigenvalue weighted by atomic mass is 35.5. The van der Waals surface area contributed by atoms with E-state index in [2.05, 4.69) is 6.07 Å². The van der Waals surface area contributed by atoms with Gasteiger partial charge >= 0.3 is 5.97 Å². The summed E-state index contributed by atoms with van der Waals surface area (Å²) >= 11 is 7.77. The number of rotatable bonds is 7. The fourth-order valence-corrected chi connectivity index (χ4v) is 6.54. The number of fused-ring (bicyclic) bond motifs is 2. The average molecular weight is 627 g/mol. The lowest BCUT2D eigenvalue weighted by atomic mass is 9.83. The Labute approximate surface area is 261 Å². The summed E-state index contributed by atoms with van der Waals surface area (Å²) in [7, 11) is 1.49. The first-order chi connectivity index (χ1) is 21.3. The first-order valence-electron chi connectivity index (χ1n) is 13.4. The molecule has 2 N–H and O–H groups in total. The van der Waals surface area contributed by atoms with E-state index in [-0.39, 0.29) is 29.6 Å². The van der Waals surface area contributed by atoms with E-state index in [1.807, 2.05) is 25.1 Å². The normalized spacial score (nSPS) is 14.0. The zero-order valence-electron chi connectivity index (χ0n) is 23.5. The van der Waals surface area contributed by atoms with Crippen LogP contribution in [0.15, 0.2) is 90.3 Å². The number of benzene rings is 4. The van der Waals surface area contributed by atoms with Crippen LogP contribution in [0.5, 0.6) is 23.0 Å². The maximum absolute atomic E-state index is 14.1. The Morgan fingerprint density at radius 2 is 1.91 bits per heavy atom. The van der Waals surface area contributed by atoms with Crippen LogP contribution in [0.1, 0.15) is 37.8 Å². The van der Waals surface area contributed by atoms with Gasteiger partial charge in [0.25, 0.3) is 0 Å². The van der Waals surface area contributed by atoms with Gasteiger partial charge < -0.3 is 24.7 Å². The Hall–Kier alpha value is -5.04. The highest BCUT2D eigenvalue weighted by molar-refractivity contribution is 7.21. The molecule has 10 heteroatoms. The van der Waals surface area contributed by atoms with Crippen LogP contribution >= 0.6 is 22.9 Å². The van der Waals surface area contributed by atoms with Gasteiger partial charge in [-0.25, -0.2) is 9.18 Å². The molecule has 1 aliphatic heterocycles. The van der Waals surface area contributed by atoms with Gasteiger partial charge in [-0.1, -0.05) is 54.1 Å². The summed E-state index contributed by atoms with van der Waals surface area (Å²) in [6, 6.07) is 24.4. The SMILES string of the molecule is COc1cc(C2C(C#N)=C(N)Oc3cc(OC(=O)c4sc5cc(C)ccc5c4Cl)ccc32)ccc1OCc1ccccc1F.